The Labute approximate surface area is 136 Å². The maximum atomic E-state index is 6.43. The fourth-order valence-corrected chi connectivity index (χ4v) is 4.12. The number of benzene rings is 2. The van der Waals surface area contributed by atoms with Crippen LogP contribution in [-0.2, 0) is 19.4 Å². The molecule has 0 saturated heterocycles. The van der Waals surface area contributed by atoms with Gasteiger partial charge in [-0.1, -0.05) is 48.5 Å². The van der Waals surface area contributed by atoms with Crippen LogP contribution in [0.2, 0.25) is 5.02 Å². The van der Waals surface area contributed by atoms with E-state index in [2.05, 4.69) is 36.5 Å². The Morgan fingerprint density at radius 1 is 1.14 bits per heavy atom. The highest BCUT2D eigenvalue weighted by Gasteiger charge is 2.13. The minimum absolute atomic E-state index is 0.843. The number of fused-ring (bicyclic) bond motifs is 1. The summed E-state index contributed by atoms with van der Waals surface area (Å²) in [5.41, 5.74) is 4.31. The summed E-state index contributed by atoms with van der Waals surface area (Å²) in [5.74, 6) is 0. The van der Waals surface area contributed by atoms with Gasteiger partial charge < -0.3 is 5.32 Å². The first-order valence-corrected chi connectivity index (χ1v) is 8.75. The molecule has 3 heteroatoms. The van der Waals surface area contributed by atoms with Crippen molar-refractivity contribution in [3.63, 3.8) is 0 Å². The molecule has 3 rings (SSSR count). The van der Waals surface area contributed by atoms with E-state index in [0.717, 1.165) is 18.1 Å². The van der Waals surface area contributed by atoms with Gasteiger partial charge in [-0.2, -0.15) is 0 Å². The van der Waals surface area contributed by atoms with Crippen molar-refractivity contribution in [2.75, 3.05) is 6.54 Å². The Hall–Kier alpha value is -0.960. The number of halogens is 1. The SMILES string of the molecule is CCNCc1cccc(Cl)c1Sc1ccc2c(c1)CCC2. The molecule has 1 N–H and O–H groups in total. The maximum absolute atomic E-state index is 6.43. The van der Waals surface area contributed by atoms with E-state index in [1.54, 1.807) is 11.8 Å². The van der Waals surface area contributed by atoms with Crippen LogP contribution >= 0.6 is 23.4 Å². The molecule has 21 heavy (non-hydrogen) atoms. The van der Waals surface area contributed by atoms with Gasteiger partial charge in [0.1, 0.15) is 0 Å². The lowest BCUT2D eigenvalue weighted by atomic mass is 10.1. The molecule has 0 saturated carbocycles. The number of hydrogen-bond donors (Lipinski definition) is 1. The molecule has 0 heterocycles. The van der Waals surface area contributed by atoms with E-state index in [0.29, 0.717) is 0 Å². The Balaban J connectivity index is 1.87. The van der Waals surface area contributed by atoms with Crippen LogP contribution in [0.15, 0.2) is 46.2 Å². The molecule has 0 bridgehead atoms. The lowest BCUT2D eigenvalue weighted by molar-refractivity contribution is 0.718. The van der Waals surface area contributed by atoms with Crippen LogP contribution in [0, 0.1) is 0 Å². The Bertz CT molecular complexity index is 639. The molecule has 0 fully saturated rings. The van der Waals surface area contributed by atoms with Crippen molar-refractivity contribution >= 4 is 23.4 Å². The van der Waals surface area contributed by atoms with Crippen molar-refractivity contribution in [1.29, 1.82) is 0 Å². The summed E-state index contributed by atoms with van der Waals surface area (Å²) in [6.45, 7) is 3.96. The third-order valence-electron chi connectivity index (χ3n) is 3.90. The normalized spacial score (nSPS) is 13.4. The molecule has 0 atom stereocenters. The van der Waals surface area contributed by atoms with Crippen LogP contribution in [0.25, 0.3) is 0 Å². The van der Waals surface area contributed by atoms with Crippen LogP contribution in [0.1, 0.15) is 30.0 Å². The fraction of sp³-hybridized carbons (Fsp3) is 0.333. The molecule has 2 aromatic carbocycles. The Kier molecular flexibility index (Phi) is 4.89. The first-order valence-electron chi connectivity index (χ1n) is 7.55. The molecule has 0 radical (unpaired) electrons. The average Bonchev–Trinajstić information content (AvgIpc) is 2.95. The zero-order valence-corrected chi connectivity index (χ0v) is 13.9. The topological polar surface area (TPSA) is 12.0 Å². The minimum atomic E-state index is 0.843. The minimum Gasteiger partial charge on any atom is -0.313 e. The van der Waals surface area contributed by atoms with Crippen LogP contribution in [0.4, 0.5) is 0 Å². The van der Waals surface area contributed by atoms with Crippen LogP contribution in [0.5, 0.6) is 0 Å². The van der Waals surface area contributed by atoms with Gasteiger partial charge in [0.05, 0.1) is 5.02 Å². The van der Waals surface area contributed by atoms with E-state index in [1.165, 1.54) is 45.7 Å². The Morgan fingerprint density at radius 3 is 2.86 bits per heavy atom. The lowest BCUT2D eigenvalue weighted by Gasteiger charge is -2.12. The maximum Gasteiger partial charge on any atom is 0.0548 e. The van der Waals surface area contributed by atoms with Gasteiger partial charge in [0, 0.05) is 16.3 Å². The molecule has 0 spiro atoms. The number of hydrogen-bond acceptors (Lipinski definition) is 2. The lowest BCUT2D eigenvalue weighted by Crippen LogP contribution is -2.12. The van der Waals surface area contributed by atoms with E-state index in [-0.39, 0.29) is 0 Å². The van der Waals surface area contributed by atoms with Crippen LogP contribution in [-0.4, -0.2) is 6.54 Å². The molecule has 1 aliphatic carbocycles. The third kappa shape index (κ3) is 3.45. The van der Waals surface area contributed by atoms with Crippen molar-refractivity contribution in [2.45, 2.75) is 42.5 Å². The summed E-state index contributed by atoms with van der Waals surface area (Å²) in [5, 5.41) is 4.23. The van der Waals surface area contributed by atoms with E-state index in [9.17, 15) is 0 Å². The highest BCUT2D eigenvalue weighted by molar-refractivity contribution is 7.99. The quantitative estimate of drug-likeness (QED) is 0.824. The van der Waals surface area contributed by atoms with E-state index >= 15 is 0 Å². The summed E-state index contributed by atoms with van der Waals surface area (Å²) in [4.78, 5) is 2.47. The van der Waals surface area contributed by atoms with Crippen LogP contribution in [0.3, 0.4) is 0 Å². The van der Waals surface area contributed by atoms with Crippen molar-refractivity contribution in [3.05, 3.63) is 58.1 Å². The fourth-order valence-electron chi connectivity index (χ4n) is 2.80. The van der Waals surface area contributed by atoms with E-state index < -0.39 is 0 Å². The van der Waals surface area contributed by atoms with Gasteiger partial charge in [-0.3, -0.25) is 0 Å². The molecule has 0 unspecified atom stereocenters. The summed E-state index contributed by atoms with van der Waals surface area (Å²) in [6, 6.07) is 13.0. The zero-order valence-electron chi connectivity index (χ0n) is 12.3. The predicted molar refractivity (Wildman–Crippen MR) is 91.4 cm³/mol. The predicted octanol–water partition coefficient (Wildman–Crippen LogP) is 5.09. The molecule has 2 aromatic rings. The van der Waals surface area contributed by atoms with Gasteiger partial charge in [-0.05, 0) is 60.7 Å². The summed E-state index contributed by atoms with van der Waals surface area (Å²) in [6.07, 6.45) is 3.75. The van der Waals surface area contributed by atoms with Crippen molar-refractivity contribution in [1.82, 2.24) is 5.32 Å². The molecule has 0 aliphatic heterocycles. The zero-order chi connectivity index (χ0) is 14.7. The van der Waals surface area contributed by atoms with Gasteiger partial charge in [0.15, 0.2) is 0 Å². The van der Waals surface area contributed by atoms with Gasteiger partial charge >= 0.3 is 0 Å². The number of nitrogens with one attached hydrogen (secondary N) is 1. The standard InChI is InChI=1S/C18H20ClNS/c1-2-20-12-15-7-4-8-17(19)18(15)21-16-10-9-13-5-3-6-14(13)11-16/h4,7-11,20H,2-3,5-6,12H2,1H3. The molecule has 1 nitrogen and oxygen atoms in total. The molecule has 0 amide bonds. The highest BCUT2D eigenvalue weighted by Crippen LogP contribution is 2.37. The largest absolute Gasteiger partial charge is 0.313 e. The summed E-state index contributed by atoms with van der Waals surface area (Å²) >= 11 is 8.21. The monoisotopic (exact) mass is 317 g/mol. The third-order valence-corrected chi connectivity index (χ3v) is 5.51. The second-order valence-corrected chi connectivity index (χ2v) is 6.89. The van der Waals surface area contributed by atoms with Crippen molar-refractivity contribution in [2.24, 2.45) is 0 Å². The van der Waals surface area contributed by atoms with Gasteiger partial charge in [-0.15, -0.1) is 0 Å². The molecule has 0 aromatic heterocycles. The molecular formula is C18H20ClNS. The highest BCUT2D eigenvalue weighted by atomic mass is 35.5. The summed E-state index contributed by atoms with van der Waals surface area (Å²) in [7, 11) is 0. The second-order valence-electron chi connectivity index (χ2n) is 5.39. The Morgan fingerprint density at radius 2 is 2.00 bits per heavy atom. The summed E-state index contributed by atoms with van der Waals surface area (Å²) < 4.78 is 0. The molecular weight excluding hydrogens is 298 g/mol. The van der Waals surface area contributed by atoms with Gasteiger partial charge in [0.25, 0.3) is 0 Å². The van der Waals surface area contributed by atoms with Gasteiger partial charge in [-0.25, -0.2) is 0 Å². The second kappa shape index (κ2) is 6.87. The smallest absolute Gasteiger partial charge is 0.0548 e. The first-order chi connectivity index (χ1) is 10.3. The average molecular weight is 318 g/mol. The van der Waals surface area contributed by atoms with Crippen LogP contribution < -0.4 is 5.32 Å². The number of aryl methyl sites for hydroxylation is 2. The van der Waals surface area contributed by atoms with E-state index in [4.69, 9.17) is 11.6 Å². The van der Waals surface area contributed by atoms with Gasteiger partial charge in [0.2, 0.25) is 0 Å². The van der Waals surface area contributed by atoms with E-state index in [1.807, 2.05) is 12.1 Å². The molecule has 110 valence electrons. The molecule has 1 aliphatic rings. The number of rotatable bonds is 5. The first kappa shape index (κ1) is 15.0. The van der Waals surface area contributed by atoms with Crippen molar-refractivity contribution < 1.29 is 0 Å². The van der Waals surface area contributed by atoms with Crippen molar-refractivity contribution in [3.8, 4) is 0 Å².